The average Bonchev–Trinajstić information content (AvgIpc) is 2.93. The minimum atomic E-state index is -0.387. The molecule has 0 radical (unpaired) electrons. The van der Waals surface area contributed by atoms with Crippen LogP contribution in [0.15, 0.2) is 17.1 Å². The van der Waals surface area contributed by atoms with Gasteiger partial charge in [0.05, 0.1) is 6.54 Å². The van der Waals surface area contributed by atoms with Gasteiger partial charge in [-0.2, -0.15) is 0 Å². The molecule has 0 fully saturated rings. The molecular weight excluding hydrogens is 260 g/mol. The van der Waals surface area contributed by atoms with Crippen LogP contribution < -0.4 is 0 Å². The van der Waals surface area contributed by atoms with Crippen LogP contribution in [0.5, 0.6) is 0 Å². The highest BCUT2D eigenvalue weighted by molar-refractivity contribution is 5.83. The fourth-order valence-electron chi connectivity index (χ4n) is 2.78. The molecule has 1 rings (SSSR count). The summed E-state index contributed by atoms with van der Waals surface area (Å²) in [5.41, 5.74) is 0. The Bertz CT molecular complexity index is 310. The Balaban J connectivity index is 1.94. The third-order valence-corrected chi connectivity index (χ3v) is 4.08. The third-order valence-electron chi connectivity index (χ3n) is 4.08. The fraction of sp³-hybridized carbons (Fsp3) is 0.833. The molecule has 0 saturated heterocycles. The maximum absolute atomic E-state index is 9.64. The van der Waals surface area contributed by atoms with Crippen LogP contribution in [0, 0.1) is 0 Å². The predicted octanol–water partition coefficient (Wildman–Crippen LogP) is 4.52. The van der Waals surface area contributed by atoms with Crippen molar-refractivity contribution in [1.82, 2.24) is 4.90 Å². The molecule has 1 N–H and O–H groups in total. The lowest BCUT2D eigenvalue weighted by molar-refractivity contribution is 0.0766. The van der Waals surface area contributed by atoms with Gasteiger partial charge in [0, 0.05) is 13.0 Å². The molecule has 1 atom stereocenters. The first kappa shape index (κ1) is 18.2. The summed E-state index contributed by atoms with van der Waals surface area (Å²) in [5.74, 6) is 1.11. The van der Waals surface area contributed by atoms with Gasteiger partial charge in [0.15, 0.2) is 0 Å². The number of hydrogen-bond donors (Lipinski definition) is 1. The molecule has 3 heteroatoms. The van der Waals surface area contributed by atoms with Crippen LogP contribution in [0.4, 0.5) is 0 Å². The highest BCUT2D eigenvalue weighted by Gasteiger charge is 2.19. The van der Waals surface area contributed by atoms with Gasteiger partial charge < -0.3 is 10.0 Å². The third kappa shape index (κ3) is 8.25. The van der Waals surface area contributed by atoms with Crippen molar-refractivity contribution >= 4 is 5.84 Å². The summed E-state index contributed by atoms with van der Waals surface area (Å²) in [4.78, 5) is 6.51. The van der Waals surface area contributed by atoms with E-state index >= 15 is 0 Å². The summed E-state index contributed by atoms with van der Waals surface area (Å²) in [7, 11) is 0. The van der Waals surface area contributed by atoms with E-state index in [1.165, 1.54) is 57.8 Å². The first-order chi connectivity index (χ1) is 10.3. The number of amidine groups is 1. The Labute approximate surface area is 131 Å². The summed E-state index contributed by atoms with van der Waals surface area (Å²) in [5, 5.41) is 9.64. The first-order valence-electron chi connectivity index (χ1n) is 8.88. The fourth-order valence-corrected chi connectivity index (χ4v) is 2.78. The lowest BCUT2D eigenvalue weighted by Gasteiger charge is -2.23. The van der Waals surface area contributed by atoms with E-state index in [4.69, 9.17) is 0 Å². The van der Waals surface area contributed by atoms with Crippen LogP contribution in [0.3, 0.4) is 0 Å². The van der Waals surface area contributed by atoms with Gasteiger partial charge in [-0.3, -0.25) is 4.99 Å². The van der Waals surface area contributed by atoms with Crippen LogP contribution in [0.1, 0.15) is 78.1 Å². The molecule has 1 unspecified atom stereocenters. The predicted molar refractivity (Wildman–Crippen MR) is 91.7 cm³/mol. The van der Waals surface area contributed by atoms with Crippen LogP contribution in [0.25, 0.3) is 0 Å². The second-order valence-corrected chi connectivity index (χ2v) is 6.04. The molecule has 0 saturated carbocycles. The van der Waals surface area contributed by atoms with Gasteiger partial charge in [-0.15, -0.1) is 0 Å². The molecule has 1 heterocycles. The van der Waals surface area contributed by atoms with Gasteiger partial charge in [0.2, 0.25) is 0 Å². The Kier molecular flexibility index (Phi) is 10.2. The molecule has 21 heavy (non-hydrogen) atoms. The van der Waals surface area contributed by atoms with Crippen molar-refractivity contribution in [1.29, 1.82) is 0 Å². The lowest BCUT2D eigenvalue weighted by atomic mass is 10.1. The summed E-state index contributed by atoms with van der Waals surface area (Å²) < 4.78 is 0. The number of allylic oxidation sites excluding steroid dienone is 2. The highest BCUT2D eigenvalue weighted by Crippen LogP contribution is 2.13. The maximum atomic E-state index is 9.64. The Morgan fingerprint density at radius 2 is 1.76 bits per heavy atom. The zero-order valence-corrected chi connectivity index (χ0v) is 14.1. The average molecular weight is 294 g/mol. The lowest BCUT2D eigenvalue weighted by Crippen LogP contribution is -2.35. The topological polar surface area (TPSA) is 35.8 Å². The van der Waals surface area contributed by atoms with Gasteiger partial charge in [-0.25, -0.2) is 0 Å². The minimum Gasteiger partial charge on any atom is -0.374 e. The molecule has 1 aliphatic rings. The number of aliphatic hydroxyl groups is 1. The number of hydrogen-bond acceptors (Lipinski definition) is 3. The van der Waals surface area contributed by atoms with E-state index in [2.05, 4.69) is 24.1 Å². The van der Waals surface area contributed by atoms with Crippen LogP contribution in [0.2, 0.25) is 0 Å². The number of rotatable bonds is 12. The molecule has 0 bridgehead atoms. The van der Waals surface area contributed by atoms with E-state index in [0.29, 0.717) is 0 Å². The van der Waals surface area contributed by atoms with Crippen molar-refractivity contribution in [2.75, 3.05) is 13.1 Å². The second-order valence-electron chi connectivity index (χ2n) is 6.04. The van der Waals surface area contributed by atoms with Crippen molar-refractivity contribution in [3.8, 4) is 0 Å². The molecule has 0 aromatic rings. The van der Waals surface area contributed by atoms with Crippen molar-refractivity contribution in [3.05, 3.63) is 12.2 Å². The van der Waals surface area contributed by atoms with Crippen molar-refractivity contribution in [3.63, 3.8) is 0 Å². The quantitative estimate of drug-likeness (QED) is 0.424. The number of aliphatic imine (C=N–C) groups is 1. The number of unbranched alkanes of at least 4 members (excludes halogenated alkanes) is 7. The molecule has 0 aliphatic carbocycles. The first-order valence-corrected chi connectivity index (χ1v) is 8.88. The summed E-state index contributed by atoms with van der Waals surface area (Å²) in [6, 6.07) is 0. The van der Waals surface area contributed by atoms with E-state index in [1.807, 2.05) is 11.8 Å². The van der Waals surface area contributed by atoms with Crippen molar-refractivity contribution in [2.24, 2.45) is 4.99 Å². The zero-order chi connectivity index (χ0) is 15.3. The van der Waals surface area contributed by atoms with Gasteiger partial charge in [0.1, 0.15) is 12.1 Å². The zero-order valence-electron chi connectivity index (χ0n) is 14.1. The van der Waals surface area contributed by atoms with E-state index in [1.54, 1.807) is 0 Å². The van der Waals surface area contributed by atoms with Crippen molar-refractivity contribution in [2.45, 2.75) is 84.3 Å². The summed E-state index contributed by atoms with van der Waals surface area (Å²) in [6.45, 7) is 5.81. The highest BCUT2D eigenvalue weighted by atomic mass is 16.3. The molecule has 0 aromatic heterocycles. The minimum absolute atomic E-state index is 0.387. The van der Waals surface area contributed by atoms with Gasteiger partial charge in [-0.05, 0) is 39.0 Å². The standard InChI is InChI=1S/C18H34N2O/c1-3-4-5-6-7-8-9-10-11-12-13-14-18-19-15-16-20(18)17(2)21/h8-9,17,21H,3-7,10-16H2,1-2H3/b9-8+. The summed E-state index contributed by atoms with van der Waals surface area (Å²) in [6.07, 6.45) is 16.9. The maximum Gasteiger partial charge on any atom is 0.125 e. The molecular formula is C18H34N2O. The Morgan fingerprint density at radius 1 is 1.10 bits per heavy atom. The van der Waals surface area contributed by atoms with E-state index < -0.39 is 0 Å². The number of aliphatic hydroxyl groups excluding tert-OH is 1. The molecule has 1 aliphatic heterocycles. The molecule has 0 spiro atoms. The monoisotopic (exact) mass is 294 g/mol. The SMILES string of the molecule is CCCCCC/C=C/CCCCCC1=NCCN1C(C)O. The van der Waals surface area contributed by atoms with E-state index in [-0.39, 0.29) is 6.23 Å². The Hall–Kier alpha value is -0.830. The second kappa shape index (κ2) is 11.8. The van der Waals surface area contributed by atoms with E-state index in [9.17, 15) is 5.11 Å². The van der Waals surface area contributed by atoms with Crippen LogP contribution >= 0.6 is 0 Å². The van der Waals surface area contributed by atoms with Crippen molar-refractivity contribution < 1.29 is 5.11 Å². The molecule has 0 amide bonds. The van der Waals surface area contributed by atoms with Crippen LogP contribution in [-0.2, 0) is 0 Å². The Morgan fingerprint density at radius 3 is 2.38 bits per heavy atom. The van der Waals surface area contributed by atoms with Gasteiger partial charge in [0.25, 0.3) is 0 Å². The van der Waals surface area contributed by atoms with E-state index in [0.717, 1.165) is 25.3 Å². The summed E-state index contributed by atoms with van der Waals surface area (Å²) >= 11 is 0. The normalized spacial score (nSPS) is 16.7. The smallest absolute Gasteiger partial charge is 0.125 e. The van der Waals surface area contributed by atoms with Gasteiger partial charge >= 0.3 is 0 Å². The molecule has 3 nitrogen and oxygen atoms in total. The van der Waals surface area contributed by atoms with Crippen LogP contribution in [-0.4, -0.2) is 35.2 Å². The van der Waals surface area contributed by atoms with Gasteiger partial charge in [-0.1, -0.05) is 44.8 Å². The molecule has 122 valence electrons. The largest absolute Gasteiger partial charge is 0.374 e. The molecule has 0 aromatic carbocycles. The number of nitrogens with zero attached hydrogens (tertiary/aromatic N) is 2.